The van der Waals surface area contributed by atoms with Crippen molar-refractivity contribution in [3.63, 3.8) is 0 Å². The van der Waals surface area contributed by atoms with Crippen molar-refractivity contribution in [1.82, 2.24) is 14.9 Å². The summed E-state index contributed by atoms with van der Waals surface area (Å²) in [4.78, 5) is 39.6. The number of nitro groups is 1. The monoisotopic (exact) mass is 612 g/mol. The molecule has 1 unspecified atom stereocenters. The van der Waals surface area contributed by atoms with Crippen molar-refractivity contribution in [2.45, 2.75) is 44.5 Å². The number of piperidine rings is 1. The summed E-state index contributed by atoms with van der Waals surface area (Å²) >= 11 is 0. The summed E-state index contributed by atoms with van der Waals surface area (Å²) in [5.74, 6) is -2.37. The molecule has 2 aliphatic heterocycles. The molecule has 1 saturated heterocycles. The van der Waals surface area contributed by atoms with Crippen LogP contribution in [-0.2, 0) is 34.8 Å². The molecule has 1 fully saturated rings. The lowest BCUT2D eigenvalue weighted by Gasteiger charge is -2.34. The number of nitrogens with zero attached hydrogens (tertiary/aromatic N) is 2. The van der Waals surface area contributed by atoms with Crippen molar-refractivity contribution in [3.05, 3.63) is 98.4 Å². The number of esters is 2. The number of carbonyl (C=O) groups is 2. The van der Waals surface area contributed by atoms with E-state index in [0.29, 0.717) is 42.0 Å². The van der Waals surface area contributed by atoms with Gasteiger partial charge in [0.15, 0.2) is 0 Å². The second-order valence-corrected chi connectivity index (χ2v) is 12.4. The average Bonchev–Trinajstić information content (AvgIpc) is 2.96. The first-order chi connectivity index (χ1) is 20.5. The summed E-state index contributed by atoms with van der Waals surface area (Å²) in [5, 5.41) is 14.6. The van der Waals surface area contributed by atoms with Crippen LogP contribution >= 0.6 is 0 Å². The quantitative estimate of drug-likeness (QED) is 0.219. The zero-order valence-corrected chi connectivity index (χ0v) is 25.2. The van der Waals surface area contributed by atoms with E-state index in [0.717, 1.165) is 13.0 Å². The summed E-state index contributed by atoms with van der Waals surface area (Å²) in [6.07, 6.45) is 0.884. The molecule has 0 saturated carbocycles. The summed E-state index contributed by atoms with van der Waals surface area (Å²) < 4.78 is 38.6. The molecule has 0 aromatic heterocycles. The number of rotatable bonds is 11. The van der Waals surface area contributed by atoms with E-state index in [1.807, 2.05) is 11.0 Å². The predicted molar refractivity (Wildman–Crippen MR) is 159 cm³/mol. The lowest BCUT2D eigenvalue weighted by molar-refractivity contribution is -0.384. The standard InChI is InChI=1S/C30H36N4O8S/c1-20-26(29(35)41-3)28(23-11-7-12-24(17-23)34(37)38)27(21(2)32-20)30(36)42-25-13-8-15-33(18-25)16-14-31-43(39,40)19-22-9-5-4-6-10-22/h4-7,9-12,17,25,28,31-32H,8,13-16,18-19H2,1-3H3/t25?,28-/m0/s1. The van der Waals surface area contributed by atoms with Gasteiger partial charge in [0, 0.05) is 43.2 Å². The van der Waals surface area contributed by atoms with Crippen LogP contribution in [0.25, 0.3) is 0 Å². The molecular weight excluding hydrogens is 576 g/mol. The number of benzene rings is 2. The van der Waals surface area contributed by atoms with Gasteiger partial charge in [-0.25, -0.2) is 22.7 Å². The second kappa shape index (κ2) is 13.9. The molecule has 12 nitrogen and oxygen atoms in total. The number of methoxy groups -OCH3 is 1. The number of hydrogen-bond acceptors (Lipinski definition) is 10. The molecule has 4 rings (SSSR count). The number of allylic oxidation sites excluding steroid dienone is 2. The maximum absolute atomic E-state index is 13.7. The van der Waals surface area contributed by atoms with Crippen LogP contribution in [0.3, 0.4) is 0 Å². The topological polar surface area (TPSA) is 157 Å². The minimum absolute atomic E-state index is 0.107. The highest BCUT2D eigenvalue weighted by atomic mass is 32.2. The Balaban J connectivity index is 1.46. The van der Waals surface area contributed by atoms with Crippen molar-refractivity contribution in [1.29, 1.82) is 0 Å². The van der Waals surface area contributed by atoms with E-state index >= 15 is 0 Å². The maximum Gasteiger partial charge on any atom is 0.337 e. The Bertz CT molecular complexity index is 1540. The first kappa shape index (κ1) is 31.9. The van der Waals surface area contributed by atoms with Crippen molar-refractivity contribution in [2.24, 2.45) is 0 Å². The molecule has 2 atom stereocenters. The first-order valence-electron chi connectivity index (χ1n) is 13.9. The summed E-state index contributed by atoms with van der Waals surface area (Å²) in [5.41, 5.74) is 2.17. The molecule has 0 radical (unpaired) electrons. The molecule has 0 amide bonds. The number of sulfonamides is 1. The van der Waals surface area contributed by atoms with Gasteiger partial charge < -0.3 is 14.8 Å². The van der Waals surface area contributed by atoms with E-state index in [1.165, 1.54) is 25.3 Å². The molecule has 2 heterocycles. The number of likely N-dealkylation sites (tertiary alicyclic amines) is 1. The van der Waals surface area contributed by atoms with Crippen molar-refractivity contribution in [2.75, 3.05) is 33.3 Å². The minimum Gasteiger partial charge on any atom is -0.466 e. The van der Waals surface area contributed by atoms with Crippen molar-refractivity contribution >= 4 is 27.6 Å². The van der Waals surface area contributed by atoms with Crippen LogP contribution in [-0.4, -0.2) is 69.6 Å². The van der Waals surface area contributed by atoms with Gasteiger partial charge in [-0.05, 0) is 44.4 Å². The van der Waals surface area contributed by atoms with Gasteiger partial charge in [-0.15, -0.1) is 0 Å². The molecule has 43 heavy (non-hydrogen) atoms. The smallest absolute Gasteiger partial charge is 0.337 e. The molecule has 0 spiro atoms. The summed E-state index contributed by atoms with van der Waals surface area (Å²) in [6, 6.07) is 14.7. The molecular formula is C30H36N4O8S. The molecule has 2 aromatic rings. The van der Waals surface area contributed by atoms with Gasteiger partial charge in [0.25, 0.3) is 5.69 Å². The largest absolute Gasteiger partial charge is 0.466 e. The fourth-order valence-electron chi connectivity index (χ4n) is 5.53. The molecule has 2 aliphatic rings. The zero-order chi connectivity index (χ0) is 31.1. The predicted octanol–water partition coefficient (Wildman–Crippen LogP) is 3.13. The third kappa shape index (κ3) is 8.06. The van der Waals surface area contributed by atoms with Gasteiger partial charge in [0.05, 0.1) is 34.9 Å². The lowest BCUT2D eigenvalue weighted by Crippen LogP contribution is -2.44. The molecule has 2 N–H and O–H groups in total. The van der Waals surface area contributed by atoms with Gasteiger partial charge in [-0.3, -0.25) is 15.0 Å². The molecule has 13 heteroatoms. The van der Waals surface area contributed by atoms with Crippen molar-refractivity contribution in [3.8, 4) is 0 Å². The number of nitro benzene ring substituents is 1. The highest BCUT2D eigenvalue weighted by Crippen LogP contribution is 2.40. The highest BCUT2D eigenvalue weighted by molar-refractivity contribution is 7.88. The number of nitrogens with one attached hydrogen (secondary N) is 2. The van der Waals surface area contributed by atoms with Crippen LogP contribution < -0.4 is 10.0 Å². The zero-order valence-electron chi connectivity index (χ0n) is 24.4. The Morgan fingerprint density at radius 1 is 1.07 bits per heavy atom. The molecule has 230 valence electrons. The van der Waals surface area contributed by atoms with Crippen LogP contribution in [0.5, 0.6) is 0 Å². The van der Waals surface area contributed by atoms with Crippen LogP contribution in [0, 0.1) is 10.1 Å². The number of dihydropyridines is 1. The first-order valence-corrected chi connectivity index (χ1v) is 15.6. The van der Waals surface area contributed by atoms with Gasteiger partial charge in [-0.2, -0.15) is 0 Å². The number of carbonyl (C=O) groups excluding carboxylic acids is 2. The van der Waals surface area contributed by atoms with Gasteiger partial charge in [-0.1, -0.05) is 42.5 Å². The lowest BCUT2D eigenvalue weighted by atomic mass is 9.80. The summed E-state index contributed by atoms with van der Waals surface area (Å²) in [7, 11) is -2.28. The van der Waals surface area contributed by atoms with E-state index < -0.39 is 38.9 Å². The van der Waals surface area contributed by atoms with Crippen LogP contribution in [0.1, 0.15) is 43.7 Å². The third-order valence-electron chi connectivity index (χ3n) is 7.49. The Labute approximate surface area is 250 Å². The van der Waals surface area contributed by atoms with E-state index in [4.69, 9.17) is 9.47 Å². The SMILES string of the molecule is COC(=O)C1=C(C)NC(C)=C(C(=O)OC2CCCN(CCNS(=O)(=O)Cc3ccccc3)C2)[C@H]1c1cccc([N+](=O)[O-])c1. The normalized spacial score (nSPS) is 19.5. The Kier molecular flexibility index (Phi) is 10.3. The number of ether oxygens (including phenoxy) is 2. The van der Waals surface area contributed by atoms with Gasteiger partial charge in [0.2, 0.25) is 10.0 Å². The van der Waals surface area contributed by atoms with E-state index in [2.05, 4.69) is 10.0 Å². The fourth-order valence-corrected chi connectivity index (χ4v) is 6.66. The molecule has 0 bridgehead atoms. The van der Waals surface area contributed by atoms with Crippen LogP contribution in [0.15, 0.2) is 77.1 Å². The highest BCUT2D eigenvalue weighted by Gasteiger charge is 2.39. The average molecular weight is 613 g/mol. The number of hydrogen-bond donors (Lipinski definition) is 2. The molecule has 2 aromatic carbocycles. The Hall–Kier alpha value is -4.07. The second-order valence-electron chi connectivity index (χ2n) is 10.6. The van der Waals surface area contributed by atoms with Crippen LogP contribution in [0.4, 0.5) is 5.69 Å². The van der Waals surface area contributed by atoms with E-state index in [1.54, 1.807) is 44.2 Å². The van der Waals surface area contributed by atoms with Gasteiger partial charge in [0.1, 0.15) is 6.10 Å². The van der Waals surface area contributed by atoms with E-state index in [-0.39, 0.29) is 29.1 Å². The maximum atomic E-state index is 13.7. The van der Waals surface area contributed by atoms with E-state index in [9.17, 15) is 28.1 Å². The minimum atomic E-state index is -3.51. The fraction of sp³-hybridized carbons (Fsp3) is 0.400. The van der Waals surface area contributed by atoms with Gasteiger partial charge >= 0.3 is 11.9 Å². The number of non-ortho nitro benzene ring substituents is 1. The summed E-state index contributed by atoms with van der Waals surface area (Å²) in [6.45, 7) is 5.15. The molecule has 0 aliphatic carbocycles. The third-order valence-corrected chi connectivity index (χ3v) is 8.84. The van der Waals surface area contributed by atoms with Crippen molar-refractivity contribution < 1.29 is 32.4 Å². The van der Waals surface area contributed by atoms with Crippen LogP contribution in [0.2, 0.25) is 0 Å². The Morgan fingerprint density at radius 2 is 1.77 bits per heavy atom. The Morgan fingerprint density at radius 3 is 2.44 bits per heavy atom.